The first-order valence-electron chi connectivity index (χ1n) is 5.50. The molecule has 1 rings (SSSR count). The van der Waals surface area contributed by atoms with Gasteiger partial charge in [0.05, 0.1) is 12.7 Å². The lowest BCUT2D eigenvalue weighted by molar-refractivity contribution is 0.00518. The van der Waals surface area contributed by atoms with Gasteiger partial charge in [0.1, 0.15) is 0 Å². The Labute approximate surface area is 107 Å². The topological polar surface area (TPSA) is 53.2 Å². The molecule has 0 amide bonds. The van der Waals surface area contributed by atoms with Crippen molar-refractivity contribution in [3.05, 3.63) is 34.9 Å². The van der Waals surface area contributed by atoms with Crippen LogP contribution in [0.5, 0.6) is 0 Å². The predicted octanol–water partition coefficient (Wildman–Crippen LogP) is 2.56. The van der Waals surface area contributed by atoms with Gasteiger partial charge in [0, 0.05) is 18.1 Å². The summed E-state index contributed by atoms with van der Waals surface area (Å²) in [6.45, 7) is 2.20. The van der Waals surface area contributed by atoms with E-state index in [4.69, 9.17) is 26.7 Å². The Morgan fingerprint density at radius 2 is 2.06 bits per heavy atom. The van der Waals surface area contributed by atoms with Crippen molar-refractivity contribution in [2.24, 2.45) is 0 Å². The lowest BCUT2D eigenvalue weighted by Gasteiger charge is -2.22. The Kier molecular flexibility index (Phi) is 5.43. The molecule has 92 valence electrons. The molecule has 0 saturated carbocycles. The fourth-order valence-electron chi connectivity index (χ4n) is 1.48. The molecule has 0 aliphatic rings. The quantitative estimate of drug-likeness (QED) is 0.793. The highest BCUT2D eigenvalue weighted by atomic mass is 35.5. The summed E-state index contributed by atoms with van der Waals surface area (Å²) in [5, 5.41) is 18.5. The first-order valence-corrected chi connectivity index (χ1v) is 5.88. The van der Waals surface area contributed by atoms with Gasteiger partial charge < -0.3 is 9.84 Å². The summed E-state index contributed by atoms with van der Waals surface area (Å²) < 4.78 is 5.50. The number of nitriles is 1. The molecule has 0 heterocycles. The van der Waals surface area contributed by atoms with E-state index < -0.39 is 5.60 Å². The zero-order chi connectivity index (χ0) is 12.7. The van der Waals surface area contributed by atoms with E-state index in [-0.39, 0.29) is 6.61 Å². The fraction of sp³-hybridized carbons (Fsp3) is 0.462. The van der Waals surface area contributed by atoms with Crippen molar-refractivity contribution >= 4 is 11.6 Å². The molecule has 1 unspecified atom stereocenters. The lowest BCUT2D eigenvalue weighted by Crippen LogP contribution is -2.30. The van der Waals surface area contributed by atoms with E-state index in [2.05, 4.69) is 6.07 Å². The Bertz CT molecular complexity index is 385. The number of hydrogen-bond acceptors (Lipinski definition) is 3. The zero-order valence-electron chi connectivity index (χ0n) is 9.82. The first kappa shape index (κ1) is 14.0. The third-order valence-corrected chi connectivity index (χ3v) is 2.67. The van der Waals surface area contributed by atoms with E-state index in [9.17, 15) is 0 Å². The van der Waals surface area contributed by atoms with Gasteiger partial charge in [0.2, 0.25) is 0 Å². The number of aliphatic hydroxyl groups is 1. The van der Waals surface area contributed by atoms with Crippen LogP contribution in [0.25, 0.3) is 0 Å². The number of aliphatic hydroxyl groups excluding tert-OH is 1. The van der Waals surface area contributed by atoms with Crippen molar-refractivity contribution in [3.63, 3.8) is 0 Å². The van der Waals surface area contributed by atoms with Gasteiger partial charge in [-0.3, -0.25) is 0 Å². The Morgan fingerprint density at radius 3 is 2.59 bits per heavy atom. The summed E-state index contributed by atoms with van der Waals surface area (Å²) in [5.41, 5.74) is 0.144. The minimum Gasteiger partial charge on any atom is -0.396 e. The smallest absolute Gasteiger partial charge is 0.155 e. The van der Waals surface area contributed by atoms with Crippen molar-refractivity contribution in [2.45, 2.75) is 25.4 Å². The molecular formula is C13H16ClNO2. The van der Waals surface area contributed by atoms with Crippen molar-refractivity contribution in [1.29, 1.82) is 5.26 Å². The summed E-state index contributed by atoms with van der Waals surface area (Å²) in [6, 6.07) is 9.52. The Hall–Kier alpha value is -1.08. The predicted molar refractivity (Wildman–Crippen MR) is 66.8 cm³/mol. The number of nitrogens with zero attached hydrogens (tertiary/aromatic N) is 1. The van der Waals surface area contributed by atoms with Gasteiger partial charge in [-0.15, -0.1) is 0 Å². The molecule has 1 aromatic carbocycles. The summed E-state index contributed by atoms with van der Waals surface area (Å²) in [7, 11) is 0. The number of hydrogen-bond donors (Lipinski definition) is 1. The van der Waals surface area contributed by atoms with Gasteiger partial charge in [-0.1, -0.05) is 23.7 Å². The Morgan fingerprint density at radius 1 is 1.41 bits per heavy atom. The third kappa shape index (κ3) is 4.74. The maximum absolute atomic E-state index is 9.14. The van der Waals surface area contributed by atoms with Gasteiger partial charge in [-0.25, -0.2) is 0 Å². The van der Waals surface area contributed by atoms with Gasteiger partial charge in [-0.05, 0) is 31.0 Å². The molecule has 0 radical (unpaired) electrons. The van der Waals surface area contributed by atoms with Crippen molar-refractivity contribution < 1.29 is 9.84 Å². The molecule has 0 fully saturated rings. The monoisotopic (exact) mass is 253 g/mol. The van der Waals surface area contributed by atoms with Crippen molar-refractivity contribution in [1.82, 2.24) is 0 Å². The van der Waals surface area contributed by atoms with E-state index in [1.807, 2.05) is 12.1 Å². The average Bonchev–Trinajstić information content (AvgIpc) is 2.33. The van der Waals surface area contributed by atoms with Crippen LogP contribution in [-0.4, -0.2) is 23.9 Å². The maximum atomic E-state index is 9.14. The molecule has 17 heavy (non-hydrogen) atoms. The molecule has 4 heteroatoms. The number of rotatable bonds is 6. The molecule has 0 bridgehead atoms. The minimum atomic E-state index is -0.858. The van der Waals surface area contributed by atoms with Gasteiger partial charge >= 0.3 is 0 Å². The van der Waals surface area contributed by atoms with Crippen LogP contribution in [0.2, 0.25) is 5.02 Å². The van der Waals surface area contributed by atoms with Crippen LogP contribution in [0.1, 0.15) is 18.9 Å². The number of halogens is 1. The number of benzene rings is 1. The van der Waals surface area contributed by atoms with Crippen LogP contribution in [0.4, 0.5) is 0 Å². The highest BCUT2D eigenvalue weighted by Gasteiger charge is 2.24. The van der Waals surface area contributed by atoms with E-state index in [0.717, 1.165) is 5.56 Å². The van der Waals surface area contributed by atoms with Crippen molar-refractivity contribution in [3.8, 4) is 6.07 Å². The largest absolute Gasteiger partial charge is 0.396 e. The van der Waals surface area contributed by atoms with Crippen LogP contribution in [-0.2, 0) is 11.2 Å². The van der Waals surface area contributed by atoms with Crippen LogP contribution in [0.3, 0.4) is 0 Å². The van der Waals surface area contributed by atoms with Gasteiger partial charge in [0.25, 0.3) is 0 Å². The fourth-order valence-corrected chi connectivity index (χ4v) is 1.60. The van der Waals surface area contributed by atoms with Gasteiger partial charge in [0.15, 0.2) is 5.60 Å². The standard InChI is InChI=1S/C13H16ClNO2/c1-13(10-15,17-8-2-7-16)9-11-3-5-12(14)6-4-11/h3-6,16H,2,7-9H2,1H3. The van der Waals surface area contributed by atoms with E-state index >= 15 is 0 Å². The van der Waals surface area contributed by atoms with Gasteiger partial charge in [-0.2, -0.15) is 5.26 Å². The second kappa shape index (κ2) is 6.61. The molecule has 0 aliphatic heterocycles. The second-order valence-electron chi connectivity index (χ2n) is 4.07. The highest BCUT2D eigenvalue weighted by molar-refractivity contribution is 6.30. The lowest BCUT2D eigenvalue weighted by atomic mass is 9.98. The molecule has 3 nitrogen and oxygen atoms in total. The molecular weight excluding hydrogens is 238 g/mol. The first-order chi connectivity index (χ1) is 8.09. The normalized spacial score (nSPS) is 14.0. The molecule has 0 aliphatic carbocycles. The minimum absolute atomic E-state index is 0.0719. The highest BCUT2D eigenvalue weighted by Crippen LogP contribution is 2.19. The van der Waals surface area contributed by atoms with Crippen LogP contribution < -0.4 is 0 Å². The molecule has 0 saturated heterocycles. The molecule has 1 N–H and O–H groups in total. The number of ether oxygens (including phenoxy) is 1. The average molecular weight is 254 g/mol. The third-order valence-electron chi connectivity index (χ3n) is 2.41. The summed E-state index contributed by atoms with van der Waals surface area (Å²) in [4.78, 5) is 0. The van der Waals surface area contributed by atoms with Crippen LogP contribution >= 0.6 is 11.6 Å². The van der Waals surface area contributed by atoms with Crippen LogP contribution in [0.15, 0.2) is 24.3 Å². The summed E-state index contributed by atoms with van der Waals surface area (Å²) in [5.74, 6) is 0. The van der Waals surface area contributed by atoms with Crippen molar-refractivity contribution in [2.75, 3.05) is 13.2 Å². The zero-order valence-corrected chi connectivity index (χ0v) is 10.6. The second-order valence-corrected chi connectivity index (χ2v) is 4.51. The molecule has 1 atom stereocenters. The van der Waals surface area contributed by atoms with E-state index in [1.54, 1.807) is 19.1 Å². The Balaban J connectivity index is 2.62. The molecule has 0 aromatic heterocycles. The SMILES string of the molecule is CC(C#N)(Cc1ccc(Cl)cc1)OCCCO. The molecule has 1 aromatic rings. The van der Waals surface area contributed by atoms with E-state index in [1.165, 1.54) is 0 Å². The molecule has 0 spiro atoms. The van der Waals surface area contributed by atoms with E-state index in [0.29, 0.717) is 24.5 Å². The summed E-state index contributed by atoms with van der Waals surface area (Å²) in [6.07, 6.45) is 1.05. The van der Waals surface area contributed by atoms with Crippen LogP contribution in [0, 0.1) is 11.3 Å². The summed E-state index contributed by atoms with van der Waals surface area (Å²) >= 11 is 5.80. The maximum Gasteiger partial charge on any atom is 0.155 e.